The summed E-state index contributed by atoms with van der Waals surface area (Å²) in [6.45, 7) is 3.09. The van der Waals surface area contributed by atoms with Crippen LogP contribution in [0.2, 0.25) is 5.82 Å². The molecule has 0 aromatic heterocycles. The van der Waals surface area contributed by atoms with E-state index in [4.69, 9.17) is 4.65 Å². The summed E-state index contributed by atoms with van der Waals surface area (Å²) in [6, 6.07) is 2.70. The van der Waals surface area contributed by atoms with E-state index >= 15 is 0 Å². The molecule has 0 bridgehead atoms. The van der Waals surface area contributed by atoms with Crippen LogP contribution in [0, 0.1) is 5.82 Å². The van der Waals surface area contributed by atoms with Crippen LogP contribution in [0.25, 0.3) is 0 Å². The topological polar surface area (TPSA) is 102 Å². The number of hydrogen-bond acceptors (Lipinski definition) is 7. The highest BCUT2D eigenvalue weighted by Gasteiger charge is 2.54. The second kappa shape index (κ2) is 8.60. The summed E-state index contributed by atoms with van der Waals surface area (Å²) >= 11 is 0. The van der Waals surface area contributed by atoms with Crippen molar-refractivity contribution in [2.24, 2.45) is 0 Å². The van der Waals surface area contributed by atoms with Gasteiger partial charge in [0.2, 0.25) is 12.7 Å². The van der Waals surface area contributed by atoms with Crippen LogP contribution < -0.4 is 4.65 Å². The van der Waals surface area contributed by atoms with E-state index in [2.05, 4.69) is 9.47 Å². The first-order chi connectivity index (χ1) is 13.4. The van der Waals surface area contributed by atoms with Gasteiger partial charge in [-0.15, -0.1) is 0 Å². The van der Waals surface area contributed by atoms with Crippen LogP contribution in [0.3, 0.4) is 0 Å². The normalized spacial score (nSPS) is 21.4. The maximum Gasteiger partial charge on any atom is 0.526 e. The molecule has 1 amide bonds. The van der Waals surface area contributed by atoms with Gasteiger partial charge in [0.1, 0.15) is 17.1 Å². The number of carbonyl (C=O) groups is 3. The van der Waals surface area contributed by atoms with Crippen molar-refractivity contribution < 1.29 is 37.9 Å². The van der Waals surface area contributed by atoms with Crippen molar-refractivity contribution in [2.75, 3.05) is 19.9 Å². The Morgan fingerprint density at radius 2 is 2.11 bits per heavy atom. The molecular formula is C18H21BFNO7. The highest BCUT2D eigenvalue weighted by molar-refractivity contribution is 6.48. The first-order valence-electron chi connectivity index (χ1n) is 9.09. The maximum atomic E-state index is 13.8. The van der Waals surface area contributed by atoms with Crippen LogP contribution in [-0.4, -0.2) is 55.3 Å². The van der Waals surface area contributed by atoms with E-state index in [-0.39, 0.29) is 35.4 Å². The van der Waals surface area contributed by atoms with E-state index in [1.165, 1.54) is 12.8 Å². The van der Waals surface area contributed by atoms with Gasteiger partial charge in [-0.2, -0.15) is 0 Å². The number of likely N-dealkylation sites (tertiary alicyclic amines) is 1. The Bertz CT molecular complexity index is 769. The Labute approximate surface area is 161 Å². The Morgan fingerprint density at radius 3 is 2.71 bits per heavy atom. The Hall–Kier alpha value is -2.62. The third kappa shape index (κ3) is 4.27. The minimum absolute atomic E-state index is 0.00442. The number of benzene rings is 1. The van der Waals surface area contributed by atoms with Gasteiger partial charge in [0, 0.05) is 25.8 Å². The average Bonchev–Trinajstić information content (AvgIpc) is 3.27. The second-order valence-electron chi connectivity index (χ2n) is 6.88. The standard InChI is InChI=1S/C12H10BFO6.C6H11NO/c14-9-2-1-6-7-3-8(7)13(17)20-11(6)10(9)12(16)19-5-18-4-15;1-6(8)7-4-2-3-5-7/h1-2,4,7-8,17H,3,5H2;2-5H2,1H3. The summed E-state index contributed by atoms with van der Waals surface area (Å²) in [5.74, 6) is -1.52. The quantitative estimate of drug-likeness (QED) is 0.272. The average molecular weight is 393 g/mol. The largest absolute Gasteiger partial charge is 0.535 e. The van der Waals surface area contributed by atoms with Gasteiger partial charge < -0.3 is 24.1 Å². The van der Waals surface area contributed by atoms with Crippen molar-refractivity contribution in [1.29, 1.82) is 0 Å². The molecule has 0 spiro atoms. The lowest BCUT2D eigenvalue weighted by molar-refractivity contribution is -0.136. The zero-order chi connectivity index (χ0) is 20.3. The minimum atomic E-state index is -1.05. The predicted octanol–water partition coefficient (Wildman–Crippen LogP) is 1.47. The molecule has 2 fully saturated rings. The lowest BCUT2D eigenvalue weighted by Crippen LogP contribution is -2.28. The number of hydrogen-bond donors (Lipinski definition) is 1. The number of halogens is 1. The van der Waals surface area contributed by atoms with Crippen molar-refractivity contribution in [3.05, 3.63) is 29.1 Å². The molecule has 1 saturated heterocycles. The molecule has 10 heteroatoms. The van der Waals surface area contributed by atoms with Gasteiger partial charge in [0.25, 0.3) is 6.47 Å². The van der Waals surface area contributed by atoms with Crippen LogP contribution in [-0.2, 0) is 19.1 Å². The molecule has 3 aliphatic rings. The number of ether oxygens (including phenoxy) is 2. The van der Waals surface area contributed by atoms with Gasteiger partial charge in [-0.3, -0.25) is 9.59 Å². The second-order valence-corrected chi connectivity index (χ2v) is 6.88. The van der Waals surface area contributed by atoms with Gasteiger partial charge in [-0.1, -0.05) is 6.07 Å². The van der Waals surface area contributed by atoms with Crippen LogP contribution in [0.4, 0.5) is 4.39 Å². The van der Waals surface area contributed by atoms with Gasteiger partial charge in [0.15, 0.2) is 0 Å². The summed E-state index contributed by atoms with van der Waals surface area (Å²) < 4.78 is 27.9. The lowest BCUT2D eigenvalue weighted by Gasteiger charge is -2.21. The zero-order valence-corrected chi connectivity index (χ0v) is 15.4. The lowest BCUT2D eigenvalue weighted by atomic mass is 9.77. The molecule has 8 nitrogen and oxygen atoms in total. The molecule has 1 saturated carbocycles. The van der Waals surface area contributed by atoms with E-state index in [9.17, 15) is 23.8 Å². The van der Waals surface area contributed by atoms with E-state index < -0.39 is 25.7 Å². The molecule has 150 valence electrons. The molecule has 2 aliphatic heterocycles. The summed E-state index contributed by atoms with van der Waals surface area (Å²) in [5.41, 5.74) is 0.298. The molecule has 4 rings (SSSR count). The van der Waals surface area contributed by atoms with Crippen molar-refractivity contribution in [2.45, 2.75) is 37.9 Å². The highest BCUT2D eigenvalue weighted by atomic mass is 19.1. The van der Waals surface area contributed by atoms with E-state index in [0.29, 0.717) is 5.56 Å². The Balaban J connectivity index is 0.000000236. The first-order valence-corrected chi connectivity index (χ1v) is 9.09. The molecular weight excluding hydrogens is 372 g/mol. The number of nitrogens with zero attached hydrogens (tertiary/aromatic N) is 1. The maximum absolute atomic E-state index is 13.8. The van der Waals surface area contributed by atoms with Gasteiger partial charge in [-0.05, 0) is 36.8 Å². The molecule has 2 atom stereocenters. The van der Waals surface area contributed by atoms with Crippen molar-refractivity contribution in [1.82, 2.24) is 4.90 Å². The number of carbonyl (C=O) groups excluding carboxylic acids is 3. The smallest absolute Gasteiger partial charge is 0.526 e. The van der Waals surface area contributed by atoms with E-state index in [0.717, 1.165) is 25.6 Å². The molecule has 28 heavy (non-hydrogen) atoms. The van der Waals surface area contributed by atoms with Crippen molar-refractivity contribution >= 4 is 25.5 Å². The third-order valence-corrected chi connectivity index (χ3v) is 5.06. The van der Waals surface area contributed by atoms with Gasteiger partial charge in [-0.25, -0.2) is 9.18 Å². The number of fused-ring (bicyclic) bond motifs is 3. The number of esters is 1. The Morgan fingerprint density at radius 1 is 1.39 bits per heavy atom. The molecule has 1 N–H and O–H groups in total. The van der Waals surface area contributed by atoms with Crippen LogP contribution >= 0.6 is 0 Å². The summed E-state index contributed by atoms with van der Waals surface area (Å²) in [7, 11) is -1.05. The highest BCUT2D eigenvalue weighted by Crippen LogP contribution is 2.60. The molecule has 0 radical (unpaired) electrons. The molecule has 2 unspecified atom stereocenters. The fourth-order valence-corrected chi connectivity index (χ4v) is 3.50. The Kier molecular flexibility index (Phi) is 6.18. The summed E-state index contributed by atoms with van der Waals surface area (Å²) in [4.78, 5) is 34.2. The van der Waals surface area contributed by atoms with Gasteiger partial charge in [0.05, 0.1) is 0 Å². The van der Waals surface area contributed by atoms with E-state index in [1.807, 2.05) is 4.90 Å². The zero-order valence-electron chi connectivity index (χ0n) is 15.4. The summed E-state index contributed by atoms with van der Waals surface area (Å²) in [6.07, 6.45) is 3.13. The first kappa shape index (κ1) is 20.1. The van der Waals surface area contributed by atoms with Crippen molar-refractivity contribution in [3.8, 4) is 5.75 Å². The summed E-state index contributed by atoms with van der Waals surface area (Å²) in [5, 5.41) is 9.71. The van der Waals surface area contributed by atoms with Crippen LogP contribution in [0.5, 0.6) is 5.75 Å². The van der Waals surface area contributed by atoms with Crippen LogP contribution in [0.1, 0.15) is 48.0 Å². The van der Waals surface area contributed by atoms with Crippen molar-refractivity contribution in [3.63, 3.8) is 0 Å². The molecule has 1 aromatic carbocycles. The van der Waals surface area contributed by atoms with E-state index in [1.54, 1.807) is 13.0 Å². The monoisotopic (exact) mass is 393 g/mol. The minimum Gasteiger partial charge on any atom is -0.535 e. The fourth-order valence-electron chi connectivity index (χ4n) is 3.50. The number of amides is 1. The van der Waals surface area contributed by atoms with Crippen LogP contribution in [0.15, 0.2) is 12.1 Å². The predicted molar refractivity (Wildman–Crippen MR) is 95.0 cm³/mol. The fraction of sp³-hybridized carbons (Fsp3) is 0.500. The molecule has 1 aromatic rings. The molecule has 2 heterocycles. The number of rotatable bonds is 4. The SMILES string of the molecule is CC(=O)N1CCCC1.O=COCOC(=O)c1c(F)ccc2c1OB(O)C1CC21. The third-order valence-electron chi connectivity index (χ3n) is 5.06. The molecule has 1 aliphatic carbocycles. The van der Waals surface area contributed by atoms with Gasteiger partial charge >= 0.3 is 13.1 Å².